The molecule has 2 aliphatic rings. The van der Waals surface area contributed by atoms with Crippen molar-refractivity contribution < 1.29 is 23.3 Å². The molecule has 0 amide bonds. The molecule has 106 valence electrons. The van der Waals surface area contributed by atoms with Crippen LogP contribution < -0.4 is 0 Å². The quantitative estimate of drug-likeness (QED) is 0.421. The van der Waals surface area contributed by atoms with Crippen molar-refractivity contribution in [2.45, 2.75) is 37.9 Å². The molecule has 2 rings (SSSR count). The first-order valence-electron chi connectivity index (χ1n) is 6.00. The number of carbonyl (C=O) groups excluding carboxylic acids is 2. The molecular formula is C10H14O6PbS2. The third kappa shape index (κ3) is 5.40. The number of carbonyl (C=O) groups is 2. The Balaban J connectivity index is 1.62. The van der Waals surface area contributed by atoms with Crippen LogP contribution in [0.2, 0.25) is 0 Å². The Labute approximate surface area is 133 Å². The van der Waals surface area contributed by atoms with Gasteiger partial charge in [-0.2, -0.15) is 0 Å². The fraction of sp³-hybridized carbons (Fsp3) is 0.800. The van der Waals surface area contributed by atoms with Gasteiger partial charge < -0.3 is 0 Å². The van der Waals surface area contributed by atoms with E-state index in [4.69, 9.17) is 13.7 Å². The van der Waals surface area contributed by atoms with Gasteiger partial charge >= 0.3 is 134 Å². The summed E-state index contributed by atoms with van der Waals surface area (Å²) in [6.45, 7) is 0. The summed E-state index contributed by atoms with van der Waals surface area (Å²) in [6.07, 6.45) is 2.20. The van der Waals surface area contributed by atoms with E-state index < -0.39 is 49.3 Å². The van der Waals surface area contributed by atoms with Crippen LogP contribution >= 0.6 is 24.1 Å². The SMILES string of the molecule is O=C([O][Pb][O]C(=O)C1CCCSO1)C1CCCSO1. The molecule has 2 saturated heterocycles. The summed E-state index contributed by atoms with van der Waals surface area (Å²) in [4.78, 5) is 23.2. The van der Waals surface area contributed by atoms with E-state index in [0.717, 1.165) is 24.3 Å². The summed E-state index contributed by atoms with van der Waals surface area (Å²) in [6, 6.07) is 0. The Hall–Kier alpha value is 0.482. The van der Waals surface area contributed by atoms with Crippen molar-refractivity contribution in [3.05, 3.63) is 0 Å². The van der Waals surface area contributed by atoms with Crippen LogP contribution in [0, 0.1) is 0 Å². The molecule has 19 heavy (non-hydrogen) atoms. The molecular weight excluding hydrogens is 487 g/mol. The topological polar surface area (TPSA) is 71.1 Å². The van der Waals surface area contributed by atoms with Gasteiger partial charge in [-0.1, -0.05) is 0 Å². The van der Waals surface area contributed by atoms with Crippen LogP contribution in [0.1, 0.15) is 25.7 Å². The predicted octanol–water partition coefficient (Wildman–Crippen LogP) is 1.26. The maximum atomic E-state index is 11.6. The van der Waals surface area contributed by atoms with Crippen molar-refractivity contribution in [2.24, 2.45) is 0 Å². The molecule has 2 heterocycles. The van der Waals surface area contributed by atoms with Crippen molar-refractivity contribution in [1.82, 2.24) is 0 Å². The van der Waals surface area contributed by atoms with E-state index in [-0.39, 0.29) is 0 Å². The van der Waals surface area contributed by atoms with Gasteiger partial charge in [-0.05, 0) is 0 Å². The molecule has 0 aromatic heterocycles. The second kappa shape index (κ2) is 8.70. The Morgan fingerprint density at radius 1 is 0.947 bits per heavy atom. The van der Waals surface area contributed by atoms with Gasteiger partial charge in [0.1, 0.15) is 0 Å². The number of rotatable bonds is 4. The summed E-state index contributed by atoms with van der Waals surface area (Å²) in [5, 5.41) is 0. The Bertz CT molecular complexity index is 287. The minimum absolute atomic E-state index is 0.401. The molecule has 0 N–H and O–H groups in total. The van der Waals surface area contributed by atoms with Gasteiger partial charge in [-0.3, -0.25) is 0 Å². The summed E-state index contributed by atoms with van der Waals surface area (Å²) >= 11 is 0.409. The molecule has 0 spiro atoms. The molecule has 2 radical (unpaired) electrons. The fourth-order valence-electron chi connectivity index (χ4n) is 1.56. The summed E-state index contributed by atoms with van der Waals surface area (Å²) in [5.74, 6) is 0.999. The Kier molecular flexibility index (Phi) is 7.26. The van der Waals surface area contributed by atoms with Crippen molar-refractivity contribution in [3.8, 4) is 0 Å². The zero-order valence-electron chi connectivity index (χ0n) is 10.2. The first-order chi connectivity index (χ1) is 9.27. The normalized spacial score (nSPS) is 27.6. The van der Waals surface area contributed by atoms with Crippen molar-refractivity contribution >= 4 is 61.2 Å². The van der Waals surface area contributed by atoms with Crippen LogP contribution in [0.4, 0.5) is 0 Å². The first-order valence-corrected chi connectivity index (χ1v) is 11.0. The number of hydrogen-bond acceptors (Lipinski definition) is 8. The van der Waals surface area contributed by atoms with Crippen LogP contribution in [0.5, 0.6) is 0 Å². The van der Waals surface area contributed by atoms with Crippen LogP contribution in [-0.2, 0) is 23.3 Å². The molecule has 0 bridgehead atoms. The molecule has 9 heteroatoms. The zero-order valence-corrected chi connectivity index (χ0v) is 15.7. The van der Waals surface area contributed by atoms with Gasteiger partial charge in [-0.25, -0.2) is 0 Å². The van der Waals surface area contributed by atoms with E-state index in [9.17, 15) is 9.59 Å². The third-order valence-electron chi connectivity index (χ3n) is 2.57. The fourth-order valence-corrected chi connectivity index (χ4v) is 4.82. The van der Waals surface area contributed by atoms with E-state index in [1.54, 1.807) is 0 Å². The van der Waals surface area contributed by atoms with Crippen LogP contribution in [0.25, 0.3) is 0 Å². The number of hydrogen-bond donors (Lipinski definition) is 0. The van der Waals surface area contributed by atoms with Crippen molar-refractivity contribution in [3.63, 3.8) is 0 Å². The molecule has 6 nitrogen and oxygen atoms in total. The molecule has 0 aromatic carbocycles. The Morgan fingerprint density at radius 2 is 1.42 bits per heavy atom. The average Bonchev–Trinajstić information content (AvgIpc) is 2.49. The van der Waals surface area contributed by atoms with Crippen molar-refractivity contribution in [2.75, 3.05) is 11.5 Å². The summed E-state index contributed by atoms with van der Waals surface area (Å²) < 4.78 is 20.5. The zero-order chi connectivity index (χ0) is 13.5. The monoisotopic (exact) mass is 502 g/mol. The molecule has 0 aromatic rings. The van der Waals surface area contributed by atoms with E-state index in [2.05, 4.69) is 0 Å². The van der Waals surface area contributed by atoms with E-state index in [1.165, 1.54) is 24.1 Å². The predicted molar refractivity (Wildman–Crippen MR) is 71.1 cm³/mol. The standard InChI is InChI=1S/2C5H8O3S.Pb/c2*6-5(7)4-2-1-3-9-8-4;/h2*4H,1-3H2,(H,6,7);/q;;+2/p-2. The second-order valence-corrected chi connectivity index (χ2v) is 7.93. The molecule has 2 aliphatic heterocycles. The minimum atomic E-state index is -2.16. The van der Waals surface area contributed by atoms with Gasteiger partial charge in [0, 0.05) is 0 Å². The van der Waals surface area contributed by atoms with Gasteiger partial charge in [0.2, 0.25) is 0 Å². The Morgan fingerprint density at radius 3 is 1.79 bits per heavy atom. The summed E-state index contributed by atoms with van der Waals surface area (Å²) in [7, 11) is 0. The van der Waals surface area contributed by atoms with Gasteiger partial charge in [0.15, 0.2) is 0 Å². The average molecular weight is 502 g/mol. The molecule has 0 aliphatic carbocycles. The van der Waals surface area contributed by atoms with Gasteiger partial charge in [0.25, 0.3) is 0 Å². The van der Waals surface area contributed by atoms with Crippen LogP contribution in [-0.4, -0.2) is 60.8 Å². The van der Waals surface area contributed by atoms with Gasteiger partial charge in [-0.15, -0.1) is 0 Å². The molecule has 0 saturated carbocycles. The van der Waals surface area contributed by atoms with Crippen LogP contribution in [0.15, 0.2) is 0 Å². The van der Waals surface area contributed by atoms with Gasteiger partial charge in [0.05, 0.1) is 0 Å². The maximum absolute atomic E-state index is 11.6. The molecule has 2 atom stereocenters. The first kappa shape index (κ1) is 15.9. The van der Waals surface area contributed by atoms with E-state index >= 15 is 0 Å². The van der Waals surface area contributed by atoms with Crippen molar-refractivity contribution in [1.29, 1.82) is 0 Å². The molecule has 2 fully saturated rings. The summed E-state index contributed by atoms with van der Waals surface area (Å²) in [5.41, 5.74) is 0. The third-order valence-corrected chi connectivity index (χ3v) is 6.43. The van der Waals surface area contributed by atoms with E-state index in [1.807, 2.05) is 0 Å². The second-order valence-electron chi connectivity index (χ2n) is 4.02. The van der Waals surface area contributed by atoms with E-state index in [0.29, 0.717) is 12.8 Å². The van der Waals surface area contributed by atoms with Crippen LogP contribution in [0.3, 0.4) is 0 Å². The molecule has 2 unspecified atom stereocenters.